The highest BCUT2D eigenvalue weighted by molar-refractivity contribution is 6.00. The number of carbonyl (C=O) groups excluding carboxylic acids is 1. The Morgan fingerprint density at radius 1 is 0.897 bits per heavy atom. The van der Waals surface area contributed by atoms with Crippen molar-refractivity contribution in [2.75, 3.05) is 23.1 Å². The van der Waals surface area contributed by atoms with E-state index in [0.29, 0.717) is 5.92 Å². The molecule has 0 saturated carbocycles. The number of hydrazone groups is 2. The maximum absolute atomic E-state index is 11.0. The van der Waals surface area contributed by atoms with E-state index in [2.05, 4.69) is 29.4 Å². The summed E-state index contributed by atoms with van der Waals surface area (Å²) in [5.74, 6) is 2.02. The molecule has 0 bridgehead atoms. The third-order valence-corrected chi connectivity index (χ3v) is 4.74. The maximum Gasteiger partial charge on any atom is 0.222 e. The maximum atomic E-state index is 11.0. The number of amides is 1. The SMILES string of the molecule is CC(=O)NC1=NN(c2ccccc2)CC1C.CC1CN(c2ccccc2)N=C1N. The number of benzene rings is 2. The van der Waals surface area contributed by atoms with Gasteiger partial charge in [-0.1, -0.05) is 50.2 Å². The lowest BCUT2D eigenvalue weighted by atomic mass is 10.1. The van der Waals surface area contributed by atoms with Crippen molar-refractivity contribution in [3.05, 3.63) is 60.7 Å². The van der Waals surface area contributed by atoms with Crippen LogP contribution in [0.25, 0.3) is 0 Å². The molecular weight excluding hydrogens is 364 g/mol. The Morgan fingerprint density at radius 3 is 1.83 bits per heavy atom. The van der Waals surface area contributed by atoms with Crippen molar-refractivity contribution >= 4 is 29.0 Å². The largest absolute Gasteiger partial charge is 0.385 e. The van der Waals surface area contributed by atoms with Crippen LogP contribution in [0.1, 0.15) is 20.8 Å². The van der Waals surface area contributed by atoms with E-state index in [4.69, 9.17) is 5.73 Å². The van der Waals surface area contributed by atoms with E-state index in [1.807, 2.05) is 70.7 Å². The van der Waals surface area contributed by atoms with Crippen LogP contribution < -0.4 is 21.1 Å². The lowest BCUT2D eigenvalue weighted by Gasteiger charge is -2.13. The molecule has 7 heteroatoms. The van der Waals surface area contributed by atoms with E-state index in [1.165, 1.54) is 6.92 Å². The number of amidine groups is 2. The molecule has 0 aromatic heterocycles. The lowest BCUT2D eigenvalue weighted by molar-refractivity contribution is -0.117. The second kappa shape index (κ2) is 9.23. The van der Waals surface area contributed by atoms with Crippen LogP contribution in [0.5, 0.6) is 0 Å². The van der Waals surface area contributed by atoms with Crippen LogP contribution in [0.15, 0.2) is 70.9 Å². The molecule has 0 fully saturated rings. The molecule has 0 radical (unpaired) electrons. The number of rotatable bonds is 2. The highest BCUT2D eigenvalue weighted by Gasteiger charge is 2.24. The van der Waals surface area contributed by atoms with Gasteiger partial charge in [-0.15, -0.1) is 0 Å². The molecule has 2 aliphatic heterocycles. The van der Waals surface area contributed by atoms with Gasteiger partial charge in [0.05, 0.1) is 24.5 Å². The Morgan fingerprint density at radius 2 is 1.38 bits per heavy atom. The third kappa shape index (κ3) is 5.34. The first-order valence-electron chi connectivity index (χ1n) is 9.79. The van der Waals surface area contributed by atoms with Gasteiger partial charge in [0, 0.05) is 18.8 Å². The molecular formula is C22H28N6O. The van der Waals surface area contributed by atoms with Crippen LogP contribution in [0, 0.1) is 11.8 Å². The van der Waals surface area contributed by atoms with Crippen LogP contribution in [0.4, 0.5) is 11.4 Å². The van der Waals surface area contributed by atoms with Gasteiger partial charge >= 0.3 is 0 Å². The van der Waals surface area contributed by atoms with E-state index < -0.39 is 0 Å². The van der Waals surface area contributed by atoms with Gasteiger partial charge in [0.2, 0.25) is 5.91 Å². The smallest absolute Gasteiger partial charge is 0.222 e. The second-order valence-electron chi connectivity index (χ2n) is 7.33. The van der Waals surface area contributed by atoms with Crippen LogP contribution in [0.3, 0.4) is 0 Å². The molecule has 2 aromatic rings. The molecule has 7 nitrogen and oxygen atoms in total. The van der Waals surface area contributed by atoms with E-state index in [1.54, 1.807) is 0 Å². The van der Waals surface area contributed by atoms with Gasteiger partial charge in [0.15, 0.2) is 0 Å². The Kier molecular flexibility index (Phi) is 6.49. The van der Waals surface area contributed by atoms with Gasteiger partial charge < -0.3 is 11.1 Å². The van der Waals surface area contributed by atoms with Crippen LogP contribution in [0.2, 0.25) is 0 Å². The zero-order valence-electron chi connectivity index (χ0n) is 17.1. The van der Waals surface area contributed by atoms with E-state index >= 15 is 0 Å². The molecule has 0 spiro atoms. The number of hydrogen-bond acceptors (Lipinski definition) is 6. The minimum Gasteiger partial charge on any atom is -0.385 e. The number of carbonyl (C=O) groups is 1. The van der Waals surface area contributed by atoms with Crippen molar-refractivity contribution in [3.63, 3.8) is 0 Å². The summed E-state index contributed by atoms with van der Waals surface area (Å²) in [6, 6.07) is 20.0. The molecule has 0 saturated heterocycles. The summed E-state index contributed by atoms with van der Waals surface area (Å²) in [7, 11) is 0. The van der Waals surface area contributed by atoms with Crippen molar-refractivity contribution in [1.29, 1.82) is 0 Å². The van der Waals surface area contributed by atoms with Gasteiger partial charge in [-0.25, -0.2) is 0 Å². The van der Waals surface area contributed by atoms with Crippen molar-refractivity contribution in [2.24, 2.45) is 27.8 Å². The molecule has 4 rings (SSSR count). The topological polar surface area (TPSA) is 86.3 Å². The number of hydrogen-bond donors (Lipinski definition) is 2. The fourth-order valence-corrected chi connectivity index (χ4v) is 3.10. The molecule has 2 heterocycles. The Labute approximate surface area is 171 Å². The first kappa shape index (κ1) is 20.4. The van der Waals surface area contributed by atoms with Gasteiger partial charge in [-0.2, -0.15) is 10.2 Å². The number of nitrogens with one attached hydrogen (secondary N) is 1. The fourth-order valence-electron chi connectivity index (χ4n) is 3.10. The first-order chi connectivity index (χ1) is 13.9. The summed E-state index contributed by atoms with van der Waals surface area (Å²) in [6.45, 7) is 7.33. The molecule has 2 atom stereocenters. The molecule has 29 heavy (non-hydrogen) atoms. The molecule has 2 unspecified atom stereocenters. The molecule has 2 aromatic carbocycles. The van der Waals surface area contributed by atoms with E-state index in [0.717, 1.165) is 36.1 Å². The minimum absolute atomic E-state index is 0.0690. The average Bonchev–Trinajstić information content (AvgIpc) is 3.25. The fraction of sp³-hybridized carbons (Fsp3) is 0.318. The predicted octanol–water partition coefficient (Wildman–Crippen LogP) is 3.01. The zero-order valence-corrected chi connectivity index (χ0v) is 17.1. The monoisotopic (exact) mass is 392 g/mol. The Balaban J connectivity index is 0.000000169. The van der Waals surface area contributed by atoms with E-state index in [9.17, 15) is 4.79 Å². The average molecular weight is 393 g/mol. The molecule has 0 aliphatic carbocycles. The van der Waals surface area contributed by atoms with Gasteiger partial charge in [0.25, 0.3) is 0 Å². The number of anilines is 2. The van der Waals surface area contributed by atoms with Gasteiger partial charge in [-0.05, 0) is 24.3 Å². The summed E-state index contributed by atoms with van der Waals surface area (Å²) < 4.78 is 0. The predicted molar refractivity (Wildman–Crippen MR) is 119 cm³/mol. The number of para-hydroxylation sites is 2. The lowest BCUT2D eigenvalue weighted by Crippen LogP contribution is -2.31. The van der Waals surface area contributed by atoms with Gasteiger partial charge in [0.1, 0.15) is 11.7 Å². The standard InChI is InChI=1S/C12H15N3O.C10H13N3/c1-9-8-15(11-6-4-3-5-7-11)14-12(9)13-10(2)16;1-8-7-13(12-10(8)11)9-5-3-2-4-6-9/h3-7,9H,8H2,1-2H3,(H,13,14,16);2-6,8H,7H2,1H3,(H2,11,12). The molecule has 3 N–H and O–H groups in total. The second-order valence-corrected chi connectivity index (χ2v) is 7.33. The summed E-state index contributed by atoms with van der Waals surface area (Å²) in [6.07, 6.45) is 0. The summed E-state index contributed by atoms with van der Waals surface area (Å²) in [5, 5.41) is 15.3. The van der Waals surface area contributed by atoms with Crippen molar-refractivity contribution < 1.29 is 4.79 Å². The van der Waals surface area contributed by atoms with Crippen LogP contribution in [-0.2, 0) is 4.79 Å². The quantitative estimate of drug-likeness (QED) is 0.823. The number of nitrogens with two attached hydrogens (primary N) is 1. The Hall–Kier alpha value is -3.35. The van der Waals surface area contributed by atoms with Crippen molar-refractivity contribution in [3.8, 4) is 0 Å². The van der Waals surface area contributed by atoms with Crippen molar-refractivity contribution in [2.45, 2.75) is 20.8 Å². The highest BCUT2D eigenvalue weighted by atomic mass is 16.1. The Bertz CT molecular complexity index is 881. The van der Waals surface area contributed by atoms with Crippen LogP contribution in [-0.4, -0.2) is 30.7 Å². The summed E-state index contributed by atoms with van der Waals surface area (Å²) >= 11 is 0. The van der Waals surface area contributed by atoms with Crippen molar-refractivity contribution in [1.82, 2.24) is 5.32 Å². The van der Waals surface area contributed by atoms with Crippen LogP contribution >= 0.6 is 0 Å². The van der Waals surface area contributed by atoms with Gasteiger partial charge in [-0.3, -0.25) is 14.8 Å². The highest BCUT2D eigenvalue weighted by Crippen LogP contribution is 2.21. The van der Waals surface area contributed by atoms with E-state index in [-0.39, 0.29) is 11.8 Å². The molecule has 2 aliphatic rings. The zero-order chi connectivity index (χ0) is 20.8. The molecule has 1 amide bonds. The number of nitrogens with zero attached hydrogens (tertiary/aromatic N) is 4. The first-order valence-corrected chi connectivity index (χ1v) is 9.79. The molecule has 152 valence electrons. The normalized spacial score (nSPS) is 20.5. The minimum atomic E-state index is -0.0690. The summed E-state index contributed by atoms with van der Waals surface area (Å²) in [4.78, 5) is 11.0. The summed E-state index contributed by atoms with van der Waals surface area (Å²) in [5.41, 5.74) is 7.87. The third-order valence-electron chi connectivity index (χ3n) is 4.74.